The molecule has 0 saturated carbocycles. The average Bonchev–Trinajstić information content (AvgIpc) is 2.71. The molecule has 0 amide bonds. The van der Waals surface area contributed by atoms with Gasteiger partial charge in [-0.15, -0.1) is 0 Å². The van der Waals surface area contributed by atoms with Crippen LogP contribution in [0, 0.1) is 0 Å². The van der Waals surface area contributed by atoms with Crippen molar-refractivity contribution in [3.8, 4) is 17.2 Å². The Labute approximate surface area is 160 Å². The number of hydrogen-bond donors (Lipinski definition) is 2. The lowest BCUT2D eigenvalue weighted by molar-refractivity contribution is 0.320. The maximum Gasteiger partial charge on any atom is 0.191 e. The van der Waals surface area contributed by atoms with Gasteiger partial charge in [-0.05, 0) is 43.2 Å². The second-order valence-electron chi connectivity index (χ2n) is 5.66. The van der Waals surface area contributed by atoms with E-state index in [9.17, 15) is 0 Å². The number of methoxy groups -OCH3 is 2. The largest absolute Gasteiger partial charge is 0.493 e. The minimum atomic E-state index is 0.534. The Hall–Kier alpha value is -2.96. The maximum absolute atomic E-state index is 5.62. The second-order valence-corrected chi connectivity index (χ2v) is 5.66. The van der Waals surface area contributed by atoms with Gasteiger partial charge in [0, 0.05) is 19.3 Å². The summed E-state index contributed by atoms with van der Waals surface area (Å²) in [6, 6.07) is 9.66. The molecule has 0 radical (unpaired) electrons. The molecular weight excluding hydrogens is 344 g/mol. The van der Waals surface area contributed by atoms with Crippen molar-refractivity contribution in [1.82, 2.24) is 15.6 Å². The molecule has 7 heteroatoms. The van der Waals surface area contributed by atoms with E-state index in [0.717, 1.165) is 41.7 Å². The van der Waals surface area contributed by atoms with Crippen LogP contribution in [0.4, 0.5) is 0 Å². The Morgan fingerprint density at radius 3 is 2.67 bits per heavy atom. The molecule has 0 aliphatic heterocycles. The van der Waals surface area contributed by atoms with Gasteiger partial charge in [-0.3, -0.25) is 9.98 Å². The highest BCUT2D eigenvalue weighted by molar-refractivity contribution is 5.79. The lowest BCUT2D eigenvalue weighted by atomic mass is 10.1. The summed E-state index contributed by atoms with van der Waals surface area (Å²) in [5.41, 5.74) is 1.15. The minimum absolute atomic E-state index is 0.534. The molecule has 1 aromatic heterocycles. The van der Waals surface area contributed by atoms with Gasteiger partial charge in [0.2, 0.25) is 0 Å². The van der Waals surface area contributed by atoms with Crippen molar-refractivity contribution in [3.05, 3.63) is 48.3 Å². The number of nitrogens with zero attached hydrogens (tertiary/aromatic N) is 2. The zero-order valence-corrected chi connectivity index (χ0v) is 16.2. The first kappa shape index (κ1) is 20.4. The van der Waals surface area contributed by atoms with Crippen molar-refractivity contribution in [2.75, 3.05) is 40.5 Å². The molecule has 146 valence electrons. The fraction of sp³-hybridized carbons (Fsp3) is 0.400. The first-order chi connectivity index (χ1) is 13.3. The average molecular weight is 372 g/mol. The Kier molecular flexibility index (Phi) is 8.76. The van der Waals surface area contributed by atoms with Crippen LogP contribution < -0.4 is 24.8 Å². The summed E-state index contributed by atoms with van der Waals surface area (Å²) >= 11 is 0. The van der Waals surface area contributed by atoms with E-state index in [2.05, 4.69) is 20.6 Å². The van der Waals surface area contributed by atoms with Crippen molar-refractivity contribution < 1.29 is 14.2 Å². The van der Waals surface area contributed by atoms with Gasteiger partial charge in [0.05, 0.1) is 27.0 Å². The molecular formula is C20H28N4O3. The second kappa shape index (κ2) is 11.6. The van der Waals surface area contributed by atoms with E-state index in [1.54, 1.807) is 26.6 Å². The number of pyridine rings is 1. The van der Waals surface area contributed by atoms with E-state index in [0.29, 0.717) is 19.7 Å². The summed E-state index contributed by atoms with van der Waals surface area (Å²) < 4.78 is 16.2. The SMILES string of the molecule is CCNC(=NCCc1ccc(OC)c(OC)c1)NCCOc1cccnc1. The fourth-order valence-electron chi connectivity index (χ4n) is 2.45. The lowest BCUT2D eigenvalue weighted by Gasteiger charge is -2.12. The van der Waals surface area contributed by atoms with Crippen LogP contribution >= 0.6 is 0 Å². The van der Waals surface area contributed by atoms with Gasteiger partial charge in [0.1, 0.15) is 12.4 Å². The van der Waals surface area contributed by atoms with Gasteiger partial charge in [-0.25, -0.2) is 0 Å². The predicted molar refractivity (Wildman–Crippen MR) is 107 cm³/mol. The third kappa shape index (κ3) is 7.05. The minimum Gasteiger partial charge on any atom is -0.493 e. The van der Waals surface area contributed by atoms with Crippen LogP contribution in [0.3, 0.4) is 0 Å². The van der Waals surface area contributed by atoms with Gasteiger partial charge in [0.15, 0.2) is 17.5 Å². The van der Waals surface area contributed by atoms with E-state index < -0.39 is 0 Å². The van der Waals surface area contributed by atoms with Crippen molar-refractivity contribution in [3.63, 3.8) is 0 Å². The first-order valence-corrected chi connectivity index (χ1v) is 9.02. The van der Waals surface area contributed by atoms with E-state index in [1.807, 2.05) is 37.3 Å². The normalized spacial score (nSPS) is 11.0. The summed E-state index contributed by atoms with van der Waals surface area (Å²) in [5, 5.41) is 6.50. The summed E-state index contributed by atoms with van der Waals surface area (Å²) in [6.07, 6.45) is 4.23. The highest BCUT2D eigenvalue weighted by atomic mass is 16.5. The van der Waals surface area contributed by atoms with Crippen LogP contribution in [0.25, 0.3) is 0 Å². The molecule has 0 aliphatic carbocycles. The predicted octanol–water partition coefficient (Wildman–Crippen LogP) is 2.28. The Bertz CT molecular complexity index is 708. The van der Waals surface area contributed by atoms with Crippen molar-refractivity contribution in [2.24, 2.45) is 4.99 Å². The van der Waals surface area contributed by atoms with Crippen LogP contribution in [-0.2, 0) is 6.42 Å². The van der Waals surface area contributed by atoms with Crippen LogP contribution in [0.5, 0.6) is 17.2 Å². The van der Waals surface area contributed by atoms with Gasteiger partial charge in [-0.2, -0.15) is 0 Å². The van der Waals surface area contributed by atoms with E-state index in [4.69, 9.17) is 14.2 Å². The number of guanidine groups is 1. The van der Waals surface area contributed by atoms with E-state index in [-0.39, 0.29) is 0 Å². The number of ether oxygens (including phenoxy) is 3. The monoisotopic (exact) mass is 372 g/mol. The number of nitrogens with one attached hydrogen (secondary N) is 2. The Morgan fingerprint density at radius 1 is 1.11 bits per heavy atom. The molecule has 0 fully saturated rings. The molecule has 2 N–H and O–H groups in total. The highest BCUT2D eigenvalue weighted by Crippen LogP contribution is 2.27. The van der Waals surface area contributed by atoms with Crippen molar-refractivity contribution in [1.29, 1.82) is 0 Å². The molecule has 2 aromatic rings. The summed E-state index contributed by atoms with van der Waals surface area (Å²) in [7, 11) is 3.27. The standard InChI is InChI=1S/C20H28N4O3/c1-4-22-20(24-12-13-27-17-6-5-10-21-15-17)23-11-9-16-7-8-18(25-2)19(14-16)26-3/h5-8,10,14-15H,4,9,11-13H2,1-3H3,(H2,22,23,24). The molecule has 1 aromatic carbocycles. The topological polar surface area (TPSA) is 77.0 Å². The number of aliphatic imine (C=N–C) groups is 1. The molecule has 27 heavy (non-hydrogen) atoms. The van der Waals surface area contributed by atoms with Crippen LogP contribution in [-0.4, -0.2) is 51.4 Å². The molecule has 0 bridgehead atoms. The Morgan fingerprint density at radius 2 is 1.96 bits per heavy atom. The van der Waals surface area contributed by atoms with Gasteiger partial charge < -0.3 is 24.8 Å². The van der Waals surface area contributed by atoms with Crippen LogP contribution in [0.15, 0.2) is 47.7 Å². The van der Waals surface area contributed by atoms with Crippen LogP contribution in [0.2, 0.25) is 0 Å². The fourth-order valence-corrected chi connectivity index (χ4v) is 2.45. The molecule has 0 aliphatic rings. The summed E-state index contributed by atoms with van der Waals surface area (Å²) in [4.78, 5) is 8.63. The van der Waals surface area contributed by atoms with Crippen molar-refractivity contribution in [2.45, 2.75) is 13.3 Å². The highest BCUT2D eigenvalue weighted by Gasteiger charge is 2.04. The Balaban J connectivity index is 1.80. The number of hydrogen-bond acceptors (Lipinski definition) is 5. The smallest absolute Gasteiger partial charge is 0.191 e. The number of aromatic nitrogens is 1. The zero-order valence-electron chi connectivity index (χ0n) is 16.2. The molecule has 0 spiro atoms. The third-order valence-electron chi connectivity index (χ3n) is 3.76. The molecule has 0 atom stereocenters. The molecule has 0 saturated heterocycles. The first-order valence-electron chi connectivity index (χ1n) is 9.02. The van der Waals surface area contributed by atoms with E-state index in [1.165, 1.54) is 0 Å². The van der Waals surface area contributed by atoms with Crippen molar-refractivity contribution >= 4 is 5.96 Å². The third-order valence-corrected chi connectivity index (χ3v) is 3.76. The van der Waals surface area contributed by atoms with Gasteiger partial charge >= 0.3 is 0 Å². The summed E-state index contributed by atoms with van der Waals surface area (Å²) in [5.74, 6) is 2.99. The van der Waals surface area contributed by atoms with E-state index >= 15 is 0 Å². The maximum atomic E-state index is 5.62. The quantitative estimate of drug-likeness (QED) is 0.379. The molecule has 0 unspecified atom stereocenters. The molecule has 2 rings (SSSR count). The number of rotatable bonds is 10. The summed E-state index contributed by atoms with van der Waals surface area (Å²) in [6.45, 7) is 4.68. The van der Waals surface area contributed by atoms with Crippen LogP contribution in [0.1, 0.15) is 12.5 Å². The number of benzene rings is 1. The van der Waals surface area contributed by atoms with Gasteiger partial charge in [0.25, 0.3) is 0 Å². The molecule has 1 heterocycles. The lowest BCUT2D eigenvalue weighted by Crippen LogP contribution is -2.39. The van der Waals surface area contributed by atoms with Gasteiger partial charge in [-0.1, -0.05) is 6.07 Å². The molecule has 7 nitrogen and oxygen atoms in total. The zero-order chi connectivity index (χ0) is 19.3.